The van der Waals surface area contributed by atoms with Crippen LogP contribution in [-0.4, -0.2) is 40.0 Å². The molecule has 20 heavy (non-hydrogen) atoms. The first-order valence-corrected chi connectivity index (χ1v) is 9.55. The Hall–Kier alpha value is -1.12. The topological polar surface area (TPSA) is 83.5 Å². The van der Waals surface area contributed by atoms with Gasteiger partial charge in [-0.3, -0.25) is 4.72 Å². The van der Waals surface area contributed by atoms with Crippen molar-refractivity contribution in [3.63, 3.8) is 0 Å². The Kier molecular flexibility index (Phi) is 4.36. The lowest BCUT2D eigenvalue weighted by Crippen LogP contribution is -2.27. The van der Waals surface area contributed by atoms with Gasteiger partial charge >= 0.3 is 0 Å². The summed E-state index contributed by atoms with van der Waals surface area (Å²) in [5, 5.41) is 0. The molecule has 1 N–H and O–H groups in total. The van der Waals surface area contributed by atoms with E-state index >= 15 is 0 Å². The van der Waals surface area contributed by atoms with E-state index < -0.39 is 20.0 Å². The van der Waals surface area contributed by atoms with Gasteiger partial charge in [0.2, 0.25) is 20.0 Å². The third-order valence-corrected chi connectivity index (χ3v) is 6.43. The van der Waals surface area contributed by atoms with Gasteiger partial charge in [0.25, 0.3) is 0 Å². The van der Waals surface area contributed by atoms with Gasteiger partial charge in [-0.05, 0) is 44.0 Å². The van der Waals surface area contributed by atoms with E-state index in [4.69, 9.17) is 0 Å². The Morgan fingerprint density at radius 3 is 2.10 bits per heavy atom. The number of anilines is 1. The Morgan fingerprint density at radius 1 is 1.05 bits per heavy atom. The Labute approximate surface area is 119 Å². The minimum Gasteiger partial charge on any atom is -0.284 e. The Morgan fingerprint density at radius 2 is 1.60 bits per heavy atom. The van der Waals surface area contributed by atoms with E-state index in [9.17, 15) is 16.8 Å². The molecule has 1 aliphatic heterocycles. The zero-order valence-electron chi connectivity index (χ0n) is 11.2. The van der Waals surface area contributed by atoms with Crippen molar-refractivity contribution >= 4 is 25.7 Å². The van der Waals surface area contributed by atoms with Crippen molar-refractivity contribution in [3.8, 4) is 0 Å². The van der Waals surface area contributed by atoms with Gasteiger partial charge < -0.3 is 0 Å². The summed E-state index contributed by atoms with van der Waals surface area (Å²) < 4.78 is 51.2. The molecule has 0 spiro atoms. The number of nitrogens with zero attached hydrogens (tertiary/aromatic N) is 1. The maximum absolute atomic E-state index is 12.3. The number of rotatable bonds is 5. The third kappa shape index (κ3) is 3.31. The molecule has 0 atom stereocenters. The van der Waals surface area contributed by atoms with Gasteiger partial charge in [0.1, 0.15) is 0 Å². The normalized spacial score (nSPS) is 17.2. The Balaban J connectivity index is 2.20. The predicted molar refractivity (Wildman–Crippen MR) is 77.5 cm³/mol. The summed E-state index contributed by atoms with van der Waals surface area (Å²) in [5.41, 5.74) is 0.368. The summed E-state index contributed by atoms with van der Waals surface area (Å²) in [5.74, 6) is -0.0270. The van der Waals surface area contributed by atoms with E-state index in [2.05, 4.69) is 4.72 Å². The fourth-order valence-corrected chi connectivity index (χ4v) is 4.18. The van der Waals surface area contributed by atoms with Gasteiger partial charge in [0, 0.05) is 18.8 Å². The fraction of sp³-hybridized carbons (Fsp3) is 0.500. The molecule has 1 aromatic rings. The molecular weight excluding hydrogens is 300 g/mol. The lowest BCUT2D eigenvalue weighted by molar-refractivity contribution is 0.477. The molecule has 0 saturated carbocycles. The maximum Gasteiger partial charge on any atom is 0.243 e. The highest BCUT2D eigenvalue weighted by Crippen LogP contribution is 2.22. The lowest BCUT2D eigenvalue weighted by atomic mass is 10.3. The molecule has 1 fully saturated rings. The lowest BCUT2D eigenvalue weighted by Gasteiger charge is -2.15. The highest BCUT2D eigenvalue weighted by Gasteiger charge is 2.26. The second-order valence-electron chi connectivity index (χ2n) is 4.64. The van der Waals surface area contributed by atoms with Crippen LogP contribution >= 0.6 is 0 Å². The molecule has 1 aliphatic rings. The fourth-order valence-electron chi connectivity index (χ4n) is 2.02. The summed E-state index contributed by atoms with van der Waals surface area (Å²) in [7, 11) is -6.79. The summed E-state index contributed by atoms with van der Waals surface area (Å²) in [6.07, 6.45) is 1.77. The summed E-state index contributed by atoms with van der Waals surface area (Å²) >= 11 is 0. The second-order valence-corrected chi connectivity index (χ2v) is 8.59. The molecule has 1 heterocycles. The van der Waals surface area contributed by atoms with Crippen molar-refractivity contribution in [2.45, 2.75) is 24.7 Å². The minimum absolute atomic E-state index is 0.0270. The van der Waals surface area contributed by atoms with Crippen LogP contribution in [0.4, 0.5) is 5.69 Å². The summed E-state index contributed by atoms with van der Waals surface area (Å²) in [6.45, 7) is 2.63. The molecule has 1 saturated heterocycles. The van der Waals surface area contributed by atoms with Crippen LogP contribution in [0.5, 0.6) is 0 Å². The molecule has 0 aliphatic carbocycles. The minimum atomic E-state index is -3.45. The molecule has 6 nitrogen and oxygen atoms in total. The second kappa shape index (κ2) is 5.71. The van der Waals surface area contributed by atoms with Crippen LogP contribution in [0, 0.1) is 0 Å². The van der Waals surface area contributed by atoms with E-state index in [1.54, 1.807) is 0 Å². The highest BCUT2D eigenvalue weighted by molar-refractivity contribution is 7.92. The molecule has 0 amide bonds. The molecule has 0 radical (unpaired) electrons. The van der Waals surface area contributed by atoms with Crippen molar-refractivity contribution < 1.29 is 16.8 Å². The number of hydrogen-bond donors (Lipinski definition) is 1. The average molecular weight is 318 g/mol. The molecule has 112 valence electrons. The zero-order valence-corrected chi connectivity index (χ0v) is 12.9. The van der Waals surface area contributed by atoms with Gasteiger partial charge in [0.15, 0.2) is 0 Å². The number of benzene rings is 1. The van der Waals surface area contributed by atoms with E-state index in [0.29, 0.717) is 18.8 Å². The van der Waals surface area contributed by atoms with Crippen LogP contribution in [0.3, 0.4) is 0 Å². The molecule has 0 unspecified atom stereocenters. The largest absolute Gasteiger partial charge is 0.284 e. The SMILES string of the molecule is CCS(=O)(=O)Nc1ccc(S(=O)(=O)N2CCCC2)cc1. The van der Waals surface area contributed by atoms with E-state index in [0.717, 1.165) is 12.8 Å². The first-order valence-electron chi connectivity index (χ1n) is 6.46. The van der Waals surface area contributed by atoms with E-state index in [-0.39, 0.29) is 10.6 Å². The maximum atomic E-state index is 12.3. The van der Waals surface area contributed by atoms with Gasteiger partial charge in [-0.2, -0.15) is 4.31 Å². The molecule has 1 aromatic carbocycles. The number of hydrogen-bond acceptors (Lipinski definition) is 4. The van der Waals surface area contributed by atoms with Crippen molar-refractivity contribution in [2.24, 2.45) is 0 Å². The van der Waals surface area contributed by atoms with Crippen LogP contribution in [-0.2, 0) is 20.0 Å². The average Bonchev–Trinajstić information content (AvgIpc) is 2.93. The standard InChI is InChI=1S/C12H18N2O4S2/c1-2-19(15,16)13-11-5-7-12(8-6-11)20(17,18)14-9-3-4-10-14/h5-8,13H,2-4,9-10H2,1H3. The number of sulfonamides is 2. The Bertz CT molecular complexity index is 660. The van der Waals surface area contributed by atoms with Crippen LogP contribution in [0.1, 0.15) is 19.8 Å². The molecule has 8 heteroatoms. The first kappa shape index (κ1) is 15.3. The van der Waals surface area contributed by atoms with Crippen molar-refractivity contribution in [3.05, 3.63) is 24.3 Å². The quantitative estimate of drug-likeness (QED) is 0.885. The van der Waals surface area contributed by atoms with Crippen molar-refractivity contribution in [1.82, 2.24) is 4.31 Å². The van der Waals surface area contributed by atoms with Gasteiger partial charge in [-0.25, -0.2) is 16.8 Å². The number of nitrogens with one attached hydrogen (secondary N) is 1. The van der Waals surface area contributed by atoms with Crippen LogP contribution in [0.2, 0.25) is 0 Å². The first-order chi connectivity index (χ1) is 9.35. The van der Waals surface area contributed by atoms with E-state index in [1.807, 2.05) is 0 Å². The molecule has 0 bridgehead atoms. The predicted octanol–water partition coefficient (Wildman–Crippen LogP) is 1.23. The van der Waals surface area contributed by atoms with Crippen molar-refractivity contribution in [1.29, 1.82) is 0 Å². The molecule has 0 aromatic heterocycles. The van der Waals surface area contributed by atoms with Gasteiger partial charge in [-0.1, -0.05) is 0 Å². The van der Waals surface area contributed by atoms with E-state index in [1.165, 1.54) is 35.5 Å². The van der Waals surface area contributed by atoms with Crippen molar-refractivity contribution in [2.75, 3.05) is 23.6 Å². The molecule has 2 rings (SSSR count). The third-order valence-electron chi connectivity index (χ3n) is 3.21. The van der Waals surface area contributed by atoms with Crippen LogP contribution < -0.4 is 4.72 Å². The smallest absolute Gasteiger partial charge is 0.243 e. The summed E-state index contributed by atoms with van der Waals surface area (Å²) in [4.78, 5) is 0.193. The summed E-state index contributed by atoms with van der Waals surface area (Å²) in [6, 6.07) is 5.80. The van der Waals surface area contributed by atoms with Gasteiger partial charge in [0.05, 0.1) is 10.6 Å². The highest BCUT2D eigenvalue weighted by atomic mass is 32.2. The molecular formula is C12H18N2O4S2. The van der Waals surface area contributed by atoms with Gasteiger partial charge in [-0.15, -0.1) is 0 Å². The van der Waals surface area contributed by atoms with Crippen LogP contribution in [0.25, 0.3) is 0 Å². The van der Waals surface area contributed by atoms with Crippen LogP contribution in [0.15, 0.2) is 29.2 Å². The monoisotopic (exact) mass is 318 g/mol. The zero-order chi connectivity index (χ0) is 14.8.